The molecule has 90 valence electrons. The Balaban J connectivity index is 2.85. The van der Waals surface area contributed by atoms with Gasteiger partial charge in [-0.15, -0.1) is 11.6 Å². The van der Waals surface area contributed by atoms with Crippen LogP contribution in [0, 0.1) is 13.8 Å². The molecule has 1 rings (SSSR count). The average Bonchev–Trinajstić information content (AvgIpc) is 2.26. The summed E-state index contributed by atoms with van der Waals surface area (Å²) in [5.41, 5.74) is 3.81. The average molecular weight is 242 g/mol. The molecule has 0 N–H and O–H groups in total. The third kappa shape index (κ3) is 3.39. The maximum atomic E-state index is 5.75. The summed E-state index contributed by atoms with van der Waals surface area (Å²) in [6, 6.07) is 4.84. The first kappa shape index (κ1) is 13.3. The van der Waals surface area contributed by atoms with Crippen molar-refractivity contribution in [3.8, 4) is 5.75 Å². The van der Waals surface area contributed by atoms with Crippen LogP contribution in [0.5, 0.6) is 5.75 Å². The molecule has 0 aliphatic heterocycles. The first-order valence-corrected chi connectivity index (χ1v) is 6.00. The van der Waals surface area contributed by atoms with Crippen molar-refractivity contribution in [2.24, 2.45) is 0 Å². The minimum absolute atomic E-state index is 0.563. The van der Waals surface area contributed by atoms with Crippen LogP contribution < -0.4 is 4.74 Å². The zero-order valence-electron chi connectivity index (χ0n) is 10.5. The Hall–Kier alpha value is -0.730. The van der Waals surface area contributed by atoms with E-state index in [1.807, 2.05) is 7.05 Å². The van der Waals surface area contributed by atoms with Crippen molar-refractivity contribution in [1.82, 2.24) is 4.90 Å². The second-order valence-corrected chi connectivity index (χ2v) is 4.45. The van der Waals surface area contributed by atoms with Gasteiger partial charge in [0.15, 0.2) is 0 Å². The van der Waals surface area contributed by atoms with E-state index in [2.05, 4.69) is 30.9 Å². The summed E-state index contributed by atoms with van der Waals surface area (Å²) < 4.78 is 5.42. The Morgan fingerprint density at radius 3 is 2.56 bits per heavy atom. The van der Waals surface area contributed by atoms with Crippen LogP contribution >= 0.6 is 11.6 Å². The van der Waals surface area contributed by atoms with Crippen LogP contribution in [0.1, 0.15) is 16.7 Å². The summed E-state index contributed by atoms with van der Waals surface area (Å²) in [6.45, 7) is 5.17. The molecule has 0 saturated heterocycles. The van der Waals surface area contributed by atoms with Crippen LogP contribution in [0.4, 0.5) is 0 Å². The third-order valence-electron chi connectivity index (χ3n) is 2.74. The number of alkyl halides is 1. The minimum atomic E-state index is 0.563. The highest BCUT2D eigenvalue weighted by molar-refractivity contribution is 6.17. The normalized spacial score (nSPS) is 10.9. The van der Waals surface area contributed by atoms with E-state index in [9.17, 15) is 0 Å². The van der Waals surface area contributed by atoms with Gasteiger partial charge in [0.05, 0.1) is 13.1 Å². The van der Waals surface area contributed by atoms with E-state index in [0.717, 1.165) is 18.7 Å². The summed E-state index contributed by atoms with van der Waals surface area (Å²) in [5, 5.41) is 0. The molecule has 0 atom stereocenters. The number of rotatable bonds is 5. The molecule has 0 aliphatic rings. The summed E-state index contributed by atoms with van der Waals surface area (Å²) in [4.78, 5) is 2.08. The van der Waals surface area contributed by atoms with E-state index in [4.69, 9.17) is 16.3 Å². The maximum Gasteiger partial charge on any atom is 0.122 e. The highest BCUT2D eigenvalue weighted by Gasteiger charge is 2.08. The number of ether oxygens (including phenoxy) is 1. The van der Waals surface area contributed by atoms with Gasteiger partial charge >= 0.3 is 0 Å². The number of aryl methyl sites for hydroxylation is 2. The molecule has 1 aromatic carbocycles. The lowest BCUT2D eigenvalue weighted by Gasteiger charge is -2.16. The quantitative estimate of drug-likeness (QED) is 0.581. The van der Waals surface area contributed by atoms with Gasteiger partial charge in [-0.1, -0.05) is 6.07 Å². The van der Waals surface area contributed by atoms with E-state index in [0.29, 0.717) is 6.00 Å². The molecule has 0 bridgehead atoms. The Morgan fingerprint density at radius 1 is 1.31 bits per heavy atom. The van der Waals surface area contributed by atoms with Crippen molar-refractivity contribution in [3.63, 3.8) is 0 Å². The third-order valence-corrected chi connectivity index (χ3v) is 3.15. The number of likely N-dealkylation sites (N-methyl/N-ethyl adjacent to an activating group) is 1. The van der Waals surface area contributed by atoms with Gasteiger partial charge in [0.2, 0.25) is 0 Å². The van der Waals surface area contributed by atoms with Crippen LogP contribution in [0.15, 0.2) is 12.1 Å². The van der Waals surface area contributed by atoms with E-state index >= 15 is 0 Å². The van der Waals surface area contributed by atoms with Crippen molar-refractivity contribution in [3.05, 3.63) is 28.8 Å². The van der Waals surface area contributed by atoms with Gasteiger partial charge in [0.1, 0.15) is 5.75 Å². The molecule has 16 heavy (non-hydrogen) atoms. The molecule has 0 aromatic heterocycles. The molecule has 1 aromatic rings. The van der Waals surface area contributed by atoms with Gasteiger partial charge in [-0.05, 0) is 50.1 Å². The summed E-state index contributed by atoms with van der Waals surface area (Å²) in [7, 11) is 3.74. The van der Waals surface area contributed by atoms with Crippen LogP contribution in [0.25, 0.3) is 0 Å². The van der Waals surface area contributed by atoms with Gasteiger partial charge in [0.25, 0.3) is 0 Å². The van der Waals surface area contributed by atoms with E-state index in [-0.39, 0.29) is 0 Å². The fraction of sp³-hybridized carbons (Fsp3) is 0.538. The molecular formula is C13H20ClNO. The Morgan fingerprint density at radius 2 is 2.00 bits per heavy atom. The van der Waals surface area contributed by atoms with Crippen LogP contribution in [0.3, 0.4) is 0 Å². The highest BCUT2D eigenvalue weighted by Crippen LogP contribution is 2.24. The lowest BCUT2D eigenvalue weighted by molar-refractivity contribution is 0.380. The fourth-order valence-electron chi connectivity index (χ4n) is 1.82. The minimum Gasteiger partial charge on any atom is -0.496 e. The van der Waals surface area contributed by atoms with Gasteiger partial charge in [-0.25, -0.2) is 0 Å². The fourth-order valence-corrected chi connectivity index (χ4v) is 1.94. The monoisotopic (exact) mass is 241 g/mol. The van der Waals surface area contributed by atoms with Gasteiger partial charge in [0, 0.05) is 6.54 Å². The predicted octanol–water partition coefficient (Wildman–Crippen LogP) is 2.98. The number of hydrogen-bond donors (Lipinski definition) is 0. The largest absolute Gasteiger partial charge is 0.496 e. The molecule has 0 aliphatic carbocycles. The van der Waals surface area contributed by atoms with E-state index in [1.54, 1.807) is 7.11 Å². The Kier molecular flexibility index (Phi) is 5.10. The van der Waals surface area contributed by atoms with Crippen LogP contribution in [-0.2, 0) is 6.42 Å². The number of hydrogen-bond acceptors (Lipinski definition) is 2. The molecule has 0 saturated carbocycles. The Bertz CT molecular complexity index is 352. The lowest BCUT2D eigenvalue weighted by atomic mass is 10.0. The van der Waals surface area contributed by atoms with E-state index < -0.39 is 0 Å². The molecule has 0 radical (unpaired) electrons. The topological polar surface area (TPSA) is 12.5 Å². The molecule has 2 nitrogen and oxygen atoms in total. The SMILES string of the molecule is COc1cc(C)cc(C)c1CCN(C)CCl. The molecular weight excluding hydrogens is 222 g/mol. The second kappa shape index (κ2) is 6.12. The molecule has 0 unspecified atom stereocenters. The Labute approximate surface area is 103 Å². The summed E-state index contributed by atoms with van der Waals surface area (Å²) in [5.74, 6) is 0.987. The standard InChI is InChI=1S/C13H20ClNO/c1-10-7-11(2)12(13(8-10)16-4)5-6-15(3)9-14/h7-8H,5-6,9H2,1-4H3. The predicted molar refractivity (Wildman–Crippen MR) is 69.5 cm³/mol. The van der Waals surface area contributed by atoms with Crippen molar-refractivity contribution in [2.45, 2.75) is 20.3 Å². The first-order valence-electron chi connectivity index (χ1n) is 5.47. The van der Waals surface area contributed by atoms with Crippen molar-refractivity contribution in [1.29, 1.82) is 0 Å². The second-order valence-electron chi connectivity index (χ2n) is 4.21. The lowest BCUT2D eigenvalue weighted by Crippen LogP contribution is -2.19. The zero-order chi connectivity index (χ0) is 12.1. The molecule has 0 heterocycles. The summed E-state index contributed by atoms with van der Waals surface area (Å²) >= 11 is 5.75. The molecule has 0 spiro atoms. The van der Waals surface area contributed by atoms with Crippen LogP contribution in [0.2, 0.25) is 0 Å². The number of benzene rings is 1. The van der Waals surface area contributed by atoms with Gasteiger partial charge in [-0.3, -0.25) is 4.90 Å². The smallest absolute Gasteiger partial charge is 0.122 e. The highest BCUT2D eigenvalue weighted by atomic mass is 35.5. The summed E-state index contributed by atoms with van der Waals surface area (Å²) in [6.07, 6.45) is 0.971. The van der Waals surface area contributed by atoms with E-state index in [1.165, 1.54) is 16.7 Å². The van der Waals surface area contributed by atoms with Gasteiger partial charge in [-0.2, -0.15) is 0 Å². The van der Waals surface area contributed by atoms with Crippen molar-refractivity contribution < 1.29 is 4.74 Å². The first-order chi connectivity index (χ1) is 7.58. The van der Waals surface area contributed by atoms with Crippen LogP contribution in [-0.4, -0.2) is 31.6 Å². The van der Waals surface area contributed by atoms with Gasteiger partial charge < -0.3 is 4.74 Å². The molecule has 0 amide bonds. The zero-order valence-corrected chi connectivity index (χ0v) is 11.3. The number of methoxy groups -OCH3 is 1. The maximum absolute atomic E-state index is 5.75. The number of halogens is 1. The number of nitrogens with zero attached hydrogens (tertiary/aromatic N) is 1. The van der Waals surface area contributed by atoms with Crippen molar-refractivity contribution >= 4 is 11.6 Å². The molecule has 0 fully saturated rings. The van der Waals surface area contributed by atoms with Crippen molar-refractivity contribution in [2.75, 3.05) is 26.7 Å². The molecule has 3 heteroatoms.